The molecule has 1 heterocycles. The second-order valence-electron chi connectivity index (χ2n) is 6.62. The first kappa shape index (κ1) is 17.9. The third kappa shape index (κ3) is 5.28. The molecule has 0 aliphatic rings. The number of pyridine rings is 1. The van der Waals surface area contributed by atoms with E-state index in [-0.39, 0.29) is 11.9 Å². The van der Waals surface area contributed by atoms with Crippen LogP contribution in [0.1, 0.15) is 18.9 Å². The van der Waals surface area contributed by atoms with E-state index in [1.165, 1.54) is 5.56 Å². The molecule has 3 heteroatoms. The molecule has 26 heavy (non-hydrogen) atoms. The van der Waals surface area contributed by atoms with Crippen molar-refractivity contribution in [1.82, 2.24) is 5.32 Å². The zero-order valence-electron chi connectivity index (χ0n) is 15.1. The Morgan fingerprint density at radius 1 is 0.923 bits per heavy atom. The fraction of sp³-hybridized carbons (Fsp3) is 0.217. The minimum atomic E-state index is 0.0424. The second kappa shape index (κ2) is 8.95. The first-order valence-electron chi connectivity index (χ1n) is 9.08. The van der Waals surface area contributed by atoms with Gasteiger partial charge in [-0.05, 0) is 37.0 Å². The van der Waals surface area contributed by atoms with Gasteiger partial charge in [-0.25, -0.2) is 0 Å². The van der Waals surface area contributed by atoms with Crippen molar-refractivity contribution in [2.24, 2.45) is 0 Å². The Bertz CT molecular complexity index is 831. The maximum atomic E-state index is 12.4. The first-order valence-corrected chi connectivity index (χ1v) is 9.08. The van der Waals surface area contributed by atoms with Gasteiger partial charge in [0.2, 0.25) is 6.54 Å². The van der Waals surface area contributed by atoms with Gasteiger partial charge in [0.25, 0.3) is 5.91 Å². The molecule has 1 atom stereocenters. The van der Waals surface area contributed by atoms with Crippen LogP contribution in [0.25, 0.3) is 11.1 Å². The van der Waals surface area contributed by atoms with E-state index >= 15 is 0 Å². The molecule has 3 aromatic rings. The Kier molecular flexibility index (Phi) is 6.15. The van der Waals surface area contributed by atoms with E-state index in [0.29, 0.717) is 6.54 Å². The average molecular weight is 345 g/mol. The zero-order valence-corrected chi connectivity index (χ0v) is 15.1. The number of hydrogen-bond acceptors (Lipinski definition) is 1. The third-order valence-electron chi connectivity index (χ3n) is 4.41. The highest BCUT2D eigenvalue weighted by molar-refractivity contribution is 5.74. The van der Waals surface area contributed by atoms with Gasteiger partial charge >= 0.3 is 0 Å². The van der Waals surface area contributed by atoms with E-state index in [1.807, 2.05) is 47.3 Å². The van der Waals surface area contributed by atoms with Crippen molar-refractivity contribution in [2.45, 2.75) is 32.4 Å². The molecule has 2 aromatic carbocycles. The van der Waals surface area contributed by atoms with Gasteiger partial charge < -0.3 is 5.32 Å². The maximum absolute atomic E-state index is 12.4. The first-order chi connectivity index (χ1) is 12.7. The molecule has 0 radical (unpaired) electrons. The molecule has 0 unspecified atom stereocenters. The molecule has 3 nitrogen and oxygen atoms in total. The second-order valence-corrected chi connectivity index (χ2v) is 6.62. The van der Waals surface area contributed by atoms with Crippen LogP contribution in [0.4, 0.5) is 0 Å². The summed E-state index contributed by atoms with van der Waals surface area (Å²) in [5.41, 5.74) is 3.56. The fourth-order valence-electron chi connectivity index (χ4n) is 3.01. The summed E-state index contributed by atoms with van der Waals surface area (Å²) in [6, 6.07) is 24.8. The van der Waals surface area contributed by atoms with Crippen molar-refractivity contribution >= 4 is 5.91 Å². The van der Waals surface area contributed by atoms with Crippen LogP contribution in [0.15, 0.2) is 85.2 Å². The Balaban J connectivity index is 1.53. The Labute approximate surface area is 155 Å². The molecule has 1 N–H and O–H groups in total. The summed E-state index contributed by atoms with van der Waals surface area (Å²) in [6.45, 7) is 2.39. The van der Waals surface area contributed by atoms with E-state index < -0.39 is 0 Å². The molecule has 3 rings (SSSR count). The molecule has 0 spiro atoms. The number of aryl methyl sites for hydroxylation is 1. The minimum absolute atomic E-state index is 0.0424. The summed E-state index contributed by atoms with van der Waals surface area (Å²) in [4.78, 5) is 12.4. The number of amides is 1. The monoisotopic (exact) mass is 345 g/mol. The van der Waals surface area contributed by atoms with Crippen LogP contribution in [0.3, 0.4) is 0 Å². The van der Waals surface area contributed by atoms with Crippen LogP contribution in [0, 0.1) is 0 Å². The van der Waals surface area contributed by atoms with Crippen LogP contribution in [-0.4, -0.2) is 11.9 Å². The summed E-state index contributed by atoms with van der Waals surface area (Å²) >= 11 is 0. The highest BCUT2D eigenvalue weighted by Gasteiger charge is 2.13. The lowest BCUT2D eigenvalue weighted by atomic mass is 10.1. The topological polar surface area (TPSA) is 33.0 Å². The maximum Gasteiger partial charge on any atom is 0.286 e. The number of benzene rings is 2. The standard InChI is InChI=1S/C23H24N2O/c1-19(14-15-20-9-4-2-5-10-20)24-23(26)18-25-16-8-13-22(17-25)21-11-6-3-7-12-21/h2-13,16-17,19H,14-15,18H2,1H3/p+1/t19-/m0/s1. The Hall–Kier alpha value is -2.94. The lowest BCUT2D eigenvalue weighted by Gasteiger charge is -2.12. The number of nitrogens with one attached hydrogen (secondary N) is 1. The number of aromatic nitrogens is 1. The molecule has 0 aliphatic heterocycles. The van der Waals surface area contributed by atoms with E-state index in [1.54, 1.807) is 0 Å². The number of hydrogen-bond donors (Lipinski definition) is 1. The Morgan fingerprint density at radius 2 is 1.58 bits per heavy atom. The molecule has 0 saturated carbocycles. The van der Waals surface area contributed by atoms with Crippen molar-refractivity contribution in [3.05, 3.63) is 90.8 Å². The van der Waals surface area contributed by atoms with Crippen molar-refractivity contribution in [2.75, 3.05) is 0 Å². The SMILES string of the molecule is C[C@@H](CCc1ccccc1)NC(=O)C[n+]1cccc(-c2ccccc2)c1. The lowest BCUT2D eigenvalue weighted by Crippen LogP contribution is -2.45. The third-order valence-corrected chi connectivity index (χ3v) is 4.41. The van der Waals surface area contributed by atoms with Crippen molar-refractivity contribution in [1.29, 1.82) is 0 Å². The number of nitrogens with zero attached hydrogens (tertiary/aromatic N) is 1. The van der Waals surface area contributed by atoms with Gasteiger partial charge in [0.1, 0.15) is 0 Å². The number of rotatable bonds is 7. The quantitative estimate of drug-likeness (QED) is 0.650. The molecule has 0 bridgehead atoms. The summed E-state index contributed by atoms with van der Waals surface area (Å²) in [5.74, 6) is 0.0424. The number of carbonyl (C=O) groups excluding carboxylic acids is 1. The van der Waals surface area contributed by atoms with Crippen LogP contribution < -0.4 is 9.88 Å². The smallest absolute Gasteiger partial charge is 0.286 e. The number of carbonyl (C=O) groups is 1. The molecule has 1 aromatic heterocycles. The van der Waals surface area contributed by atoms with Crippen molar-refractivity contribution in [3.8, 4) is 11.1 Å². The van der Waals surface area contributed by atoms with Gasteiger partial charge in [0.05, 0.1) is 0 Å². The largest absolute Gasteiger partial charge is 0.348 e. The van der Waals surface area contributed by atoms with Gasteiger partial charge in [0.15, 0.2) is 12.4 Å². The summed E-state index contributed by atoms with van der Waals surface area (Å²) < 4.78 is 1.93. The molecule has 0 fully saturated rings. The summed E-state index contributed by atoms with van der Waals surface area (Å²) in [5, 5.41) is 3.10. The van der Waals surface area contributed by atoms with Crippen LogP contribution in [0.2, 0.25) is 0 Å². The molecule has 0 saturated heterocycles. The van der Waals surface area contributed by atoms with Crippen molar-refractivity contribution < 1.29 is 9.36 Å². The molecular weight excluding hydrogens is 320 g/mol. The molecule has 0 aliphatic carbocycles. The van der Waals surface area contributed by atoms with Gasteiger partial charge in [0, 0.05) is 17.7 Å². The summed E-state index contributed by atoms with van der Waals surface area (Å²) in [6.07, 6.45) is 5.85. The van der Waals surface area contributed by atoms with Gasteiger partial charge in [-0.2, -0.15) is 4.57 Å². The van der Waals surface area contributed by atoms with Crippen molar-refractivity contribution in [3.63, 3.8) is 0 Å². The van der Waals surface area contributed by atoms with E-state index in [4.69, 9.17) is 0 Å². The van der Waals surface area contributed by atoms with Gasteiger partial charge in [-0.15, -0.1) is 0 Å². The van der Waals surface area contributed by atoms with Gasteiger partial charge in [-0.1, -0.05) is 60.7 Å². The van der Waals surface area contributed by atoms with Crippen LogP contribution in [-0.2, 0) is 17.8 Å². The molecule has 1 amide bonds. The van der Waals surface area contributed by atoms with Gasteiger partial charge in [-0.3, -0.25) is 4.79 Å². The molecule has 132 valence electrons. The van der Waals surface area contributed by atoms with Crippen LogP contribution in [0.5, 0.6) is 0 Å². The van der Waals surface area contributed by atoms with E-state index in [2.05, 4.69) is 54.7 Å². The fourth-order valence-corrected chi connectivity index (χ4v) is 3.01. The van der Waals surface area contributed by atoms with Crippen LogP contribution >= 0.6 is 0 Å². The predicted molar refractivity (Wildman–Crippen MR) is 104 cm³/mol. The highest BCUT2D eigenvalue weighted by Crippen LogP contribution is 2.15. The van der Waals surface area contributed by atoms with E-state index in [9.17, 15) is 4.79 Å². The predicted octanol–water partition coefficient (Wildman–Crippen LogP) is 3.78. The minimum Gasteiger partial charge on any atom is -0.348 e. The lowest BCUT2D eigenvalue weighted by molar-refractivity contribution is -0.684. The molecular formula is C23H25N2O+. The Morgan fingerprint density at radius 3 is 2.31 bits per heavy atom. The van der Waals surface area contributed by atoms with E-state index in [0.717, 1.165) is 24.0 Å². The normalized spacial score (nSPS) is 11.7. The highest BCUT2D eigenvalue weighted by atomic mass is 16.2. The average Bonchev–Trinajstić information content (AvgIpc) is 2.68. The zero-order chi connectivity index (χ0) is 18.2. The summed E-state index contributed by atoms with van der Waals surface area (Å²) in [7, 11) is 0.